The van der Waals surface area contributed by atoms with Gasteiger partial charge in [0.2, 0.25) is 5.91 Å². The molecule has 142 valence electrons. The van der Waals surface area contributed by atoms with Crippen LogP contribution in [0.4, 0.5) is 5.69 Å². The summed E-state index contributed by atoms with van der Waals surface area (Å²) >= 11 is 0. The maximum Gasteiger partial charge on any atom is 0.253 e. The Morgan fingerprint density at radius 3 is 2.41 bits per heavy atom. The van der Waals surface area contributed by atoms with Crippen molar-refractivity contribution < 1.29 is 9.59 Å². The van der Waals surface area contributed by atoms with Gasteiger partial charge in [0, 0.05) is 37.3 Å². The highest BCUT2D eigenvalue weighted by Gasteiger charge is 2.38. The average molecular weight is 365 g/mol. The fraction of sp³-hybridized carbons (Fsp3) is 0.364. The highest BCUT2D eigenvalue weighted by Crippen LogP contribution is 2.43. The number of benzene rings is 2. The molecule has 5 nitrogen and oxygen atoms in total. The summed E-state index contributed by atoms with van der Waals surface area (Å²) in [5.74, 6) is -0.0977. The smallest absolute Gasteiger partial charge is 0.253 e. The number of nitrogens with zero attached hydrogens (tertiary/aromatic N) is 1. The van der Waals surface area contributed by atoms with Crippen molar-refractivity contribution in [2.24, 2.45) is 0 Å². The third kappa shape index (κ3) is 4.48. The molecule has 0 radical (unpaired) electrons. The number of nitrogens with one attached hydrogen (secondary N) is 2. The first-order valence-corrected chi connectivity index (χ1v) is 9.38. The van der Waals surface area contributed by atoms with Crippen LogP contribution in [0.5, 0.6) is 0 Å². The van der Waals surface area contributed by atoms with E-state index in [1.54, 1.807) is 26.2 Å². The molecule has 1 aliphatic rings. The van der Waals surface area contributed by atoms with Crippen molar-refractivity contribution >= 4 is 17.5 Å². The molecule has 1 aliphatic carbocycles. The Labute approximate surface area is 160 Å². The zero-order chi connectivity index (χ0) is 19.3. The third-order valence-electron chi connectivity index (χ3n) is 5.29. The van der Waals surface area contributed by atoms with Crippen LogP contribution in [-0.4, -0.2) is 43.9 Å². The van der Waals surface area contributed by atoms with Crippen LogP contribution in [0.15, 0.2) is 54.6 Å². The minimum Gasteiger partial charge on any atom is -0.376 e. The number of hydrogen-bond donors (Lipinski definition) is 2. The number of anilines is 1. The van der Waals surface area contributed by atoms with Crippen molar-refractivity contribution in [2.75, 3.05) is 32.5 Å². The van der Waals surface area contributed by atoms with Crippen LogP contribution < -0.4 is 10.6 Å². The summed E-state index contributed by atoms with van der Waals surface area (Å²) in [4.78, 5) is 25.9. The fourth-order valence-corrected chi connectivity index (χ4v) is 3.50. The van der Waals surface area contributed by atoms with Gasteiger partial charge in [-0.1, -0.05) is 42.8 Å². The molecular formula is C22H27N3O2. The highest BCUT2D eigenvalue weighted by molar-refractivity contribution is 5.95. The van der Waals surface area contributed by atoms with E-state index in [9.17, 15) is 9.59 Å². The van der Waals surface area contributed by atoms with E-state index in [-0.39, 0.29) is 23.8 Å². The van der Waals surface area contributed by atoms with Crippen molar-refractivity contribution in [2.45, 2.75) is 24.7 Å². The van der Waals surface area contributed by atoms with E-state index in [0.29, 0.717) is 12.1 Å². The van der Waals surface area contributed by atoms with Crippen LogP contribution in [0.25, 0.3) is 0 Å². The standard InChI is InChI=1S/C22H27N3O2/c1-25(2)21(27)17-8-6-11-19(14-17)23-15-20(26)24-16-22(12-7-13-22)18-9-4-3-5-10-18/h3-6,8-11,14,23H,7,12-13,15-16H2,1-2H3,(H,24,26). The highest BCUT2D eigenvalue weighted by atomic mass is 16.2. The third-order valence-corrected chi connectivity index (χ3v) is 5.29. The van der Waals surface area contributed by atoms with Gasteiger partial charge < -0.3 is 15.5 Å². The molecule has 3 rings (SSSR count). The molecule has 1 fully saturated rings. The molecule has 0 bridgehead atoms. The molecule has 0 atom stereocenters. The van der Waals surface area contributed by atoms with Gasteiger partial charge in [-0.3, -0.25) is 9.59 Å². The molecule has 0 heterocycles. The van der Waals surface area contributed by atoms with Crippen LogP contribution >= 0.6 is 0 Å². The minimum absolute atomic E-state index is 0.0402. The van der Waals surface area contributed by atoms with Crippen LogP contribution in [0.2, 0.25) is 0 Å². The van der Waals surface area contributed by atoms with Gasteiger partial charge >= 0.3 is 0 Å². The molecule has 2 N–H and O–H groups in total. The van der Waals surface area contributed by atoms with Crippen molar-refractivity contribution in [3.05, 3.63) is 65.7 Å². The number of hydrogen-bond acceptors (Lipinski definition) is 3. The summed E-state index contributed by atoms with van der Waals surface area (Å²) < 4.78 is 0. The van der Waals surface area contributed by atoms with Gasteiger partial charge in [0.05, 0.1) is 6.54 Å². The van der Waals surface area contributed by atoms with E-state index in [0.717, 1.165) is 18.5 Å². The van der Waals surface area contributed by atoms with Gasteiger partial charge in [-0.05, 0) is 36.6 Å². The quantitative estimate of drug-likeness (QED) is 0.793. The first kappa shape index (κ1) is 19.0. The molecular weight excluding hydrogens is 338 g/mol. The lowest BCUT2D eigenvalue weighted by Crippen LogP contribution is -2.46. The Morgan fingerprint density at radius 2 is 1.78 bits per heavy atom. The topological polar surface area (TPSA) is 61.4 Å². The van der Waals surface area contributed by atoms with Gasteiger partial charge in [-0.25, -0.2) is 0 Å². The zero-order valence-corrected chi connectivity index (χ0v) is 16.0. The predicted octanol–water partition coefficient (Wildman–Crippen LogP) is 3.04. The first-order valence-electron chi connectivity index (χ1n) is 9.38. The SMILES string of the molecule is CN(C)C(=O)c1cccc(NCC(=O)NCC2(c3ccccc3)CCC2)c1. The second kappa shape index (κ2) is 8.25. The van der Waals surface area contributed by atoms with Crippen LogP contribution in [0.3, 0.4) is 0 Å². The van der Waals surface area contributed by atoms with Gasteiger partial charge in [0.25, 0.3) is 5.91 Å². The monoisotopic (exact) mass is 365 g/mol. The van der Waals surface area contributed by atoms with Crippen molar-refractivity contribution in [1.29, 1.82) is 0 Å². The molecule has 5 heteroatoms. The maximum absolute atomic E-state index is 12.3. The molecule has 0 saturated heterocycles. The largest absolute Gasteiger partial charge is 0.376 e. The molecule has 2 amide bonds. The van der Waals surface area contributed by atoms with Gasteiger partial charge in [0.1, 0.15) is 0 Å². The lowest BCUT2D eigenvalue weighted by atomic mass is 9.64. The van der Waals surface area contributed by atoms with E-state index in [2.05, 4.69) is 34.9 Å². The Balaban J connectivity index is 1.53. The Hall–Kier alpha value is -2.82. The van der Waals surface area contributed by atoms with E-state index in [4.69, 9.17) is 0 Å². The summed E-state index contributed by atoms with van der Waals surface area (Å²) in [6.07, 6.45) is 3.43. The Bertz CT molecular complexity index is 798. The van der Waals surface area contributed by atoms with Gasteiger partial charge in [0.15, 0.2) is 0 Å². The Kier molecular flexibility index (Phi) is 5.79. The molecule has 0 aliphatic heterocycles. The van der Waals surface area contributed by atoms with Crippen LogP contribution in [0, 0.1) is 0 Å². The lowest BCUT2D eigenvalue weighted by molar-refractivity contribution is -0.119. The van der Waals surface area contributed by atoms with Gasteiger partial charge in [-0.15, -0.1) is 0 Å². The zero-order valence-electron chi connectivity index (χ0n) is 16.0. The number of amides is 2. The minimum atomic E-state index is -0.0575. The summed E-state index contributed by atoms with van der Waals surface area (Å²) in [5.41, 5.74) is 2.75. The maximum atomic E-state index is 12.3. The van der Waals surface area contributed by atoms with E-state index in [1.165, 1.54) is 16.9 Å². The van der Waals surface area contributed by atoms with Crippen molar-refractivity contribution in [3.8, 4) is 0 Å². The summed E-state index contributed by atoms with van der Waals surface area (Å²) in [5, 5.41) is 6.18. The summed E-state index contributed by atoms with van der Waals surface area (Å²) in [6.45, 7) is 0.848. The second-order valence-electron chi connectivity index (χ2n) is 7.41. The van der Waals surface area contributed by atoms with Crippen LogP contribution in [-0.2, 0) is 10.2 Å². The summed E-state index contributed by atoms with van der Waals surface area (Å²) in [7, 11) is 3.44. The van der Waals surface area contributed by atoms with Crippen LogP contribution in [0.1, 0.15) is 35.2 Å². The average Bonchev–Trinajstić information content (AvgIpc) is 2.66. The normalized spacial score (nSPS) is 14.7. The summed E-state index contributed by atoms with van der Waals surface area (Å²) in [6, 6.07) is 17.6. The molecule has 27 heavy (non-hydrogen) atoms. The number of carbonyl (C=O) groups excluding carboxylic acids is 2. The van der Waals surface area contributed by atoms with E-state index >= 15 is 0 Å². The van der Waals surface area contributed by atoms with Gasteiger partial charge in [-0.2, -0.15) is 0 Å². The molecule has 0 unspecified atom stereocenters. The van der Waals surface area contributed by atoms with Crippen molar-refractivity contribution in [1.82, 2.24) is 10.2 Å². The molecule has 0 aromatic heterocycles. The van der Waals surface area contributed by atoms with E-state index in [1.807, 2.05) is 18.2 Å². The van der Waals surface area contributed by atoms with E-state index < -0.39 is 0 Å². The molecule has 2 aromatic carbocycles. The number of rotatable bonds is 7. The first-order chi connectivity index (χ1) is 13.0. The fourth-order valence-electron chi connectivity index (χ4n) is 3.50. The second-order valence-corrected chi connectivity index (χ2v) is 7.41. The predicted molar refractivity (Wildman–Crippen MR) is 108 cm³/mol. The lowest BCUT2D eigenvalue weighted by Gasteiger charge is -2.42. The Morgan fingerprint density at radius 1 is 1.04 bits per heavy atom. The molecule has 0 spiro atoms. The van der Waals surface area contributed by atoms with Crippen molar-refractivity contribution in [3.63, 3.8) is 0 Å². The molecule has 2 aromatic rings. The molecule has 1 saturated carbocycles. The number of carbonyl (C=O) groups is 2.